The van der Waals surface area contributed by atoms with E-state index >= 15 is 0 Å². The van der Waals surface area contributed by atoms with Crippen molar-refractivity contribution in [1.82, 2.24) is 5.32 Å². The van der Waals surface area contributed by atoms with E-state index < -0.39 is 6.36 Å². The van der Waals surface area contributed by atoms with Crippen LogP contribution in [0.25, 0.3) is 0 Å². The lowest BCUT2D eigenvalue weighted by Crippen LogP contribution is -2.23. The molecule has 3 nitrogen and oxygen atoms in total. The predicted octanol–water partition coefficient (Wildman–Crippen LogP) is 0.644. The van der Waals surface area contributed by atoms with Gasteiger partial charge in [0.25, 0.3) is 0 Å². The fraction of sp³-hybridized carbons (Fsp3) is 0.500. The number of halogens is 3. The van der Waals surface area contributed by atoms with E-state index in [0.29, 0.717) is 0 Å². The zero-order valence-electron chi connectivity index (χ0n) is 4.77. The van der Waals surface area contributed by atoms with Gasteiger partial charge in [0.1, 0.15) is 6.67 Å². The largest absolute Gasteiger partial charge is 0.574 e. The molecule has 0 aromatic rings. The monoisotopic (exact) mass is 153 g/mol. The van der Waals surface area contributed by atoms with Crippen LogP contribution in [0.2, 0.25) is 0 Å². The summed E-state index contributed by atoms with van der Waals surface area (Å²) < 4.78 is 37.5. The van der Waals surface area contributed by atoms with E-state index in [-0.39, 0.29) is 12.4 Å². The van der Waals surface area contributed by atoms with Crippen LogP contribution in [0.1, 0.15) is 0 Å². The van der Waals surface area contributed by atoms with Crippen molar-refractivity contribution in [2.45, 2.75) is 6.36 Å². The zero-order valence-corrected chi connectivity index (χ0v) is 4.77. The van der Waals surface area contributed by atoms with Gasteiger partial charge in [-0.05, 0) is 0 Å². The minimum atomic E-state index is -4.63. The number of aliphatic imine (C=N–C) groups is 1. The van der Waals surface area contributed by atoms with Gasteiger partial charge in [-0.15, -0.1) is 13.2 Å². The number of hydrogen-bond acceptors (Lipinski definition) is 3. The van der Waals surface area contributed by atoms with Gasteiger partial charge in [-0.3, -0.25) is 5.32 Å². The molecule has 57 valence electrons. The molecule has 1 aliphatic rings. The second-order valence-electron chi connectivity index (χ2n) is 1.58. The van der Waals surface area contributed by atoms with E-state index in [1.807, 2.05) is 0 Å². The highest BCUT2D eigenvalue weighted by Crippen LogP contribution is 2.17. The highest BCUT2D eigenvalue weighted by Gasteiger charge is 2.33. The normalized spacial score (nSPS) is 18.9. The molecule has 1 heterocycles. The molecule has 0 aromatic carbocycles. The van der Waals surface area contributed by atoms with Crippen LogP contribution in [-0.4, -0.2) is 18.8 Å². The van der Waals surface area contributed by atoms with Gasteiger partial charge in [0, 0.05) is 0 Å². The first kappa shape index (κ1) is 7.33. The third-order valence-electron chi connectivity index (χ3n) is 0.787. The van der Waals surface area contributed by atoms with Gasteiger partial charge in [0.15, 0.2) is 0 Å². The summed E-state index contributed by atoms with van der Waals surface area (Å²) in [6, 6.07) is 0. The zero-order chi connectivity index (χ0) is 7.61. The van der Waals surface area contributed by atoms with Crippen molar-refractivity contribution in [1.29, 1.82) is 0 Å². The lowest BCUT2D eigenvalue weighted by molar-refractivity contribution is -0.283. The molecule has 0 spiro atoms. The summed E-state index contributed by atoms with van der Waals surface area (Å²) in [5.74, 6) is -0.354. The number of nitrogens with zero attached hydrogens (tertiary/aromatic N) is 1. The smallest absolute Gasteiger partial charge is 0.391 e. The lowest BCUT2D eigenvalue weighted by atomic mass is 10.7. The first-order valence-electron chi connectivity index (χ1n) is 2.45. The maximum absolute atomic E-state index is 11.4. The fourth-order valence-corrected chi connectivity index (χ4v) is 0.492. The van der Waals surface area contributed by atoms with Crippen molar-refractivity contribution in [3.8, 4) is 0 Å². The molecule has 1 N–H and O–H groups in total. The van der Waals surface area contributed by atoms with Crippen molar-refractivity contribution >= 4 is 5.90 Å². The van der Waals surface area contributed by atoms with Crippen LogP contribution in [0.5, 0.6) is 0 Å². The van der Waals surface area contributed by atoms with Gasteiger partial charge in [0.05, 0.1) is 6.54 Å². The Morgan fingerprint density at radius 3 is 2.70 bits per heavy atom. The molecule has 0 saturated heterocycles. The summed E-state index contributed by atoms with van der Waals surface area (Å²) >= 11 is 0. The Balaban J connectivity index is 2.38. The maximum atomic E-state index is 11.4. The van der Waals surface area contributed by atoms with Crippen LogP contribution < -0.4 is 5.32 Å². The quantitative estimate of drug-likeness (QED) is 0.554. The number of hydrogen-bond donors (Lipinski definition) is 1. The van der Waals surface area contributed by atoms with Gasteiger partial charge in [-0.1, -0.05) is 0 Å². The average molecular weight is 153 g/mol. The van der Waals surface area contributed by atoms with Crippen molar-refractivity contribution in [2.75, 3.05) is 6.54 Å². The molecule has 1 aliphatic heterocycles. The first-order chi connectivity index (χ1) is 4.58. The van der Waals surface area contributed by atoms with Gasteiger partial charge < -0.3 is 4.74 Å². The molecule has 6 heteroatoms. The Hall–Kier alpha value is -0.780. The van der Waals surface area contributed by atoms with Gasteiger partial charge in [-0.2, -0.15) is 0 Å². The van der Waals surface area contributed by atoms with E-state index in [0.717, 1.165) is 6.67 Å². The number of ether oxygens (including phenoxy) is 1. The topological polar surface area (TPSA) is 33.6 Å². The number of alkyl halides is 3. The molecule has 0 unspecified atom stereocenters. The van der Waals surface area contributed by atoms with Crippen LogP contribution in [0.15, 0.2) is 4.99 Å². The Labute approximate surface area is 54.9 Å². The third kappa shape index (κ3) is 2.22. The molecule has 0 aromatic heterocycles. The summed E-state index contributed by atoms with van der Waals surface area (Å²) in [4.78, 5) is 3.26. The Morgan fingerprint density at radius 1 is 1.60 bits per heavy atom. The Morgan fingerprint density at radius 2 is 2.30 bits per heavy atom. The molecule has 1 radical (unpaired) electrons. The predicted molar refractivity (Wildman–Crippen MR) is 26.9 cm³/mol. The van der Waals surface area contributed by atoms with Crippen LogP contribution in [0, 0.1) is 6.67 Å². The minimum Gasteiger partial charge on any atom is -0.391 e. The van der Waals surface area contributed by atoms with Crippen molar-refractivity contribution in [3.05, 3.63) is 6.67 Å². The summed E-state index contributed by atoms with van der Waals surface area (Å²) in [7, 11) is 0. The molecule has 0 saturated carbocycles. The minimum absolute atomic E-state index is 0.000486. The molecule has 10 heavy (non-hydrogen) atoms. The van der Waals surface area contributed by atoms with Crippen LogP contribution in [0.4, 0.5) is 13.2 Å². The standard InChI is InChI=1S/C4H4F3N2O/c5-4(6,7)10-3-1-8-2-9-3/h2,8H,1H2. The summed E-state index contributed by atoms with van der Waals surface area (Å²) in [6.07, 6.45) is -4.63. The number of rotatable bonds is 0. The van der Waals surface area contributed by atoms with Gasteiger partial charge >= 0.3 is 6.36 Å². The first-order valence-corrected chi connectivity index (χ1v) is 2.45. The van der Waals surface area contributed by atoms with E-state index in [1.165, 1.54) is 0 Å². The molecule has 0 aliphatic carbocycles. The molecule has 0 bridgehead atoms. The van der Waals surface area contributed by atoms with Crippen molar-refractivity contribution in [3.63, 3.8) is 0 Å². The van der Waals surface area contributed by atoms with E-state index in [9.17, 15) is 13.2 Å². The highest BCUT2D eigenvalue weighted by atomic mass is 19.4. The van der Waals surface area contributed by atoms with Crippen molar-refractivity contribution < 1.29 is 17.9 Å². The third-order valence-corrected chi connectivity index (χ3v) is 0.787. The second kappa shape index (κ2) is 2.45. The SMILES string of the molecule is FC(F)(F)OC1=N[CH]NC1. The molecular weight excluding hydrogens is 149 g/mol. The Kier molecular flexibility index (Phi) is 1.80. The molecule has 0 amide bonds. The summed E-state index contributed by atoms with van der Waals surface area (Å²) in [5.41, 5.74) is 0. The molecule has 0 atom stereocenters. The van der Waals surface area contributed by atoms with Crippen molar-refractivity contribution in [2.24, 2.45) is 4.99 Å². The van der Waals surface area contributed by atoms with E-state index in [4.69, 9.17) is 0 Å². The molecular formula is C4H4F3N2O. The number of nitrogens with one attached hydrogen (secondary N) is 1. The molecule has 1 rings (SSSR count). The van der Waals surface area contributed by atoms with Crippen LogP contribution >= 0.6 is 0 Å². The second-order valence-corrected chi connectivity index (χ2v) is 1.58. The summed E-state index contributed by atoms with van der Waals surface area (Å²) in [5, 5.41) is 2.44. The highest BCUT2D eigenvalue weighted by molar-refractivity contribution is 5.80. The Bertz CT molecular complexity index is 153. The summed E-state index contributed by atoms with van der Waals surface area (Å²) in [6.45, 7) is 1.15. The fourth-order valence-electron chi connectivity index (χ4n) is 0.492. The van der Waals surface area contributed by atoms with Crippen LogP contribution in [0.3, 0.4) is 0 Å². The average Bonchev–Trinajstić information content (AvgIpc) is 2.12. The van der Waals surface area contributed by atoms with Gasteiger partial charge in [-0.25, -0.2) is 4.99 Å². The van der Waals surface area contributed by atoms with E-state index in [2.05, 4.69) is 15.0 Å². The van der Waals surface area contributed by atoms with E-state index in [1.54, 1.807) is 0 Å². The molecule has 0 fully saturated rings. The lowest BCUT2D eigenvalue weighted by Gasteiger charge is -2.06. The van der Waals surface area contributed by atoms with Gasteiger partial charge in [0.2, 0.25) is 5.90 Å². The maximum Gasteiger partial charge on any atom is 0.574 e. The van der Waals surface area contributed by atoms with Crippen LogP contribution in [-0.2, 0) is 4.74 Å².